The van der Waals surface area contributed by atoms with E-state index in [9.17, 15) is 4.79 Å². The smallest absolute Gasteiger partial charge is 0.231 e. The fourth-order valence-electron chi connectivity index (χ4n) is 2.91. The second-order valence-corrected chi connectivity index (χ2v) is 6.79. The van der Waals surface area contributed by atoms with Gasteiger partial charge in [0.15, 0.2) is 0 Å². The van der Waals surface area contributed by atoms with E-state index in [1.54, 1.807) is 11.3 Å². The number of thiophene rings is 1. The number of nitrogens with one attached hydrogen (secondary N) is 1. The Labute approximate surface area is 135 Å². The number of hydrogen-bond acceptors (Lipinski definition) is 3. The Kier molecular flexibility index (Phi) is 4.60. The maximum Gasteiger partial charge on any atom is 0.231 e. The van der Waals surface area contributed by atoms with E-state index in [4.69, 9.17) is 4.74 Å². The molecule has 0 saturated carbocycles. The monoisotopic (exact) mass is 315 g/mol. The van der Waals surface area contributed by atoms with Gasteiger partial charge in [-0.2, -0.15) is 0 Å². The van der Waals surface area contributed by atoms with Crippen molar-refractivity contribution in [2.24, 2.45) is 0 Å². The fraction of sp³-hybridized carbons (Fsp3) is 0.389. The topological polar surface area (TPSA) is 38.3 Å². The molecule has 0 atom stereocenters. The number of carbonyl (C=O) groups excluding carboxylic acids is 1. The molecule has 3 nitrogen and oxygen atoms in total. The van der Waals surface area contributed by atoms with Gasteiger partial charge in [-0.25, -0.2) is 0 Å². The van der Waals surface area contributed by atoms with Crippen LogP contribution in [0.2, 0.25) is 0 Å². The summed E-state index contributed by atoms with van der Waals surface area (Å²) in [5.41, 5.74) is 1.94. The lowest BCUT2D eigenvalue weighted by Gasteiger charge is -2.35. The Balaban J connectivity index is 1.74. The van der Waals surface area contributed by atoms with E-state index in [0.717, 1.165) is 23.3 Å². The van der Waals surface area contributed by atoms with Crippen LogP contribution in [-0.4, -0.2) is 19.1 Å². The zero-order chi connectivity index (χ0) is 15.4. The molecule has 0 unspecified atom stereocenters. The van der Waals surface area contributed by atoms with Crippen molar-refractivity contribution in [2.75, 3.05) is 13.2 Å². The van der Waals surface area contributed by atoms with Crippen molar-refractivity contribution in [3.8, 4) is 0 Å². The number of amides is 1. The molecule has 1 aromatic heterocycles. The van der Waals surface area contributed by atoms with Crippen LogP contribution >= 0.6 is 11.3 Å². The fourth-order valence-corrected chi connectivity index (χ4v) is 3.90. The number of ether oxygens (including phenoxy) is 1. The van der Waals surface area contributed by atoms with Gasteiger partial charge in [0, 0.05) is 24.6 Å². The Bertz CT molecular complexity index is 613. The summed E-state index contributed by atoms with van der Waals surface area (Å²) >= 11 is 1.66. The van der Waals surface area contributed by atoms with Gasteiger partial charge in [0.2, 0.25) is 5.91 Å². The second kappa shape index (κ2) is 6.63. The number of rotatable bonds is 4. The minimum atomic E-state index is -0.420. The lowest BCUT2D eigenvalue weighted by Crippen LogP contribution is -2.47. The molecule has 1 fully saturated rings. The van der Waals surface area contributed by atoms with Crippen molar-refractivity contribution >= 4 is 17.2 Å². The summed E-state index contributed by atoms with van der Waals surface area (Å²) in [5, 5.41) is 5.17. The third-order valence-corrected chi connectivity index (χ3v) is 5.42. The average molecular weight is 315 g/mol. The number of benzene rings is 1. The highest BCUT2D eigenvalue weighted by molar-refractivity contribution is 7.10. The highest BCUT2D eigenvalue weighted by Crippen LogP contribution is 2.37. The molecule has 1 aliphatic rings. The number of aryl methyl sites for hydroxylation is 1. The molecular weight excluding hydrogens is 294 g/mol. The third kappa shape index (κ3) is 3.08. The molecule has 2 heterocycles. The van der Waals surface area contributed by atoms with Gasteiger partial charge >= 0.3 is 0 Å². The summed E-state index contributed by atoms with van der Waals surface area (Å²) in [6.45, 7) is 3.94. The van der Waals surface area contributed by atoms with Gasteiger partial charge in [0.1, 0.15) is 0 Å². The van der Waals surface area contributed by atoms with Gasteiger partial charge in [0.05, 0.1) is 5.41 Å². The van der Waals surface area contributed by atoms with Crippen LogP contribution in [-0.2, 0) is 21.5 Å². The first-order valence-corrected chi connectivity index (χ1v) is 8.54. The van der Waals surface area contributed by atoms with E-state index in [2.05, 4.69) is 42.6 Å². The minimum Gasteiger partial charge on any atom is -0.381 e. The predicted octanol–water partition coefficient (Wildman–Crippen LogP) is 3.42. The molecule has 0 radical (unpaired) electrons. The highest BCUT2D eigenvalue weighted by Gasteiger charge is 2.42. The molecule has 1 aliphatic heterocycles. The van der Waals surface area contributed by atoms with E-state index < -0.39 is 5.41 Å². The van der Waals surface area contributed by atoms with Crippen LogP contribution in [0, 0.1) is 6.92 Å². The first kappa shape index (κ1) is 15.3. The van der Waals surface area contributed by atoms with E-state index in [1.165, 1.54) is 5.56 Å². The van der Waals surface area contributed by atoms with E-state index in [0.29, 0.717) is 19.8 Å². The average Bonchev–Trinajstić information content (AvgIpc) is 3.09. The molecule has 4 heteroatoms. The molecule has 1 amide bonds. The summed E-state index contributed by atoms with van der Waals surface area (Å²) in [4.78, 5) is 14.0. The van der Waals surface area contributed by atoms with Crippen molar-refractivity contribution in [1.29, 1.82) is 0 Å². The van der Waals surface area contributed by atoms with Crippen LogP contribution in [0.5, 0.6) is 0 Å². The highest BCUT2D eigenvalue weighted by atomic mass is 32.1. The van der Waals surface area contributed by atoms with Gasteiger partial charge in [-0.15, -0.1) is 11.3 Å². The summed E-state index contributed by atoms with van der Waals surface area (Å²) in [5.74, 6) is 0.124. The summed E-state index contributed by atoms with van der Waals surface area (Å²) in [7, 11) is 0. The third-order valence-electron chi connectivity index (χ3n) is 4.35. The Morgan fingerprint density at radius 1 is 1.23 bits per heavy atom. The zero-order valence-electron chi connectivity index (χ0n) is 12.8. The summed E-state index contributed by atoms with van der Waals surface area (Å²) in [6, 6.07) is 12.4. The molecule has 0 spiro atoms. The standard InChI is InChI=1S/C18H21NO2S/c1-14-4-6-15(7-5-14)13-19-17(20)18(8-10-21-11-9-18)16-3-2-12-22-16/h2-7,12H,8-11,13H2,1H3,(H,19,20). The van der Waals surface area contributed by atoms with Crippen LogP contribution in [0.15, 0.2) is 41.8 Å². The quantitative estimate of drug-likeness (QED) is 0.939. The van der Waals surface area contributed by atoms with E-state index in [-0.39, 0.29) is 5.91 Å². The van der Waals surface area contributed by atoms with E-state index >= 15 is 0 Å². The normalized spacial score (nSPS) is 17.1. The molecule has 1 saturated heterocycles. The molecule has 0 aliphatic carbocycles. The van der Waals surface area contributed by atoms with Gasteiger partial charge in [-0.3, -0.25) is 4.79 Å². The van der Waals surface area contributed by atoms with Crippen LogP contribution in [0.4, 0.5) is 0 Å². The summed E-state index contributed by atoms with van der Waals surface area (Å²) < 4.78 is 5.47. The molecule has 116 valence electrons. The van der Waals surface area contributed by atoms with Gasteiger partial charge in [-0.05, 0) is 36.8 Å². The van der Waals surface area contributed by atoms with Crippen LogP contribution in [0.1, 0.15) is 28.8 Å². The van der Waals surface area contributed by atoms with Gasteiger partial charge in [0.25, 0.3) is 0 Å². The lowest BCUT2D eigenvalue weighted by atomic mass is 9.78. The van der Waals surface area contributed by atoms with Crippen molar-refractivity contribution < 1.29 is 9.53 Å². The Hall–Kier alpha value is -1.65. The number of hydrogen-bond donors (Lipinski definition) is 1. The summed E-state index contributed by atoms with van der Waals surface area (Å²) in [6.07, 6.45) is 1.51. The number of carbonyl (C=O) groups is 1. The largest absolute Gasteiger partial charge is 0.381 e. The molecule has 1 aromatic carbocycles. The molecule has 2 aromatic rings. The SMILES string of the molecule is Cc1ccc(CNC(=O)C2(c3cccs3)CCOCC2)cc1. The first-order chi connectivity index (χ1) is 10.7. The Morgan fingerprint density at radius 3 is 2.59 bits per heavy atom. The zero-order valence-corrected chi connectivity index (χ0v) is 13.6. The van der Waals surface area contributed by atoms with Crippen LogP contribution in [0.25, 0.3) is 0 Å². The van der Waals surface area contributed by atoms with Crippen molar-refractivity contribution in [1.82, 2.24) is 5.32 Å². The van der Waals surface area contributed by atoms with Crippen molar-refractivity contribution in [3.63, 3.8) is 0 Å². The van der Waals surface area contributed by atoms with Crippen LogP contribution in [0.3, 0.4) is 0 Å². The molecule has 0 bridgehead atoms. The van der Waals surface area contributed by atoms with E-state index in [1.807, 2.05) is 11.4 Å². The van der Waals surface area contributed by atoms with Crippen molar-refractivity contribution in [2.45, 2.75) is 31.7 Å². The molecule has 1 N–H and O–H groups in total. The molecule has 22 heavy (non-hydrogen) atoms. The molecule has 3 rings (SSSR count). The van der Waals surface area contributed by atoms with Crippen LogP contribution < -0.4 is 5.32 Å². The Morgan fingerprint density at radius 2 is 1.95 bits per heavy atom. The minimum absolute atomic E-state index is 0.124. The molecular formula is C18H21NO2S. The second-order valence-electron chi connectivity index (χ2n) is 5.84. The van der Waals surface area contributed by atoms with Gasteiger partial charge < -0.3 is 10.1 Å². The predicted molar refractivity (Wildman–Crippen MR) is 89.1 cm³/mol. The maximum absolute atomic E-state index is 12.9. The maximum atomic E-state index is 12.9. The van der Waals surface area contributed by atoms with Crippen molar-refractivity contribution in [3.05, 3.63) is 57.8 Å². The lowest BCUT2D eigenvalue weighted by molar-refractivity contribution is -0.130. The van der Waals surface area contributed by atoms with Gasteiger partial charge in [-0.1, -0.05) is 35.9 Å². The first-order valence-electron chi connectivity index (χ1n) is 7.66.